The number of carbonyl (C=O) groups is 1. The van der Waals surface area contributed by atoms with Gasteiger partial charge in [-0.1, -0.05) is 78.2 Å². The van der Waals surface area contributed by atoms with Crippen molar-refractivity contribution in [1.29, 1.82) is 0 Å². The smallest absolute Gasteiger partial charge is 0.269 e. The van der Waals surface area contributed by atoms with Crippen molar-refractivity contribution >= 4 is 51.7 Å². The molecule has 1 fully saturated rings. The Morgan fingerprint density at radius 3 is 2.46 bits per heavy atom. The Hall–Kier alpha value is -1.76. The Bertz CT molecular complexity index is 910. The monoisotopic (exact) mass is 398 g/mol. The van der Waals surface area contributed by atoms with Gasteiger partial charge in [0, 0.05) is 11.4 Å². The van der Waals surface area contributed by atoms with Gasteiger partial charge in [0.15, 0.2) is 0 Å². The van der Waals surface area contributed by atoms with E-state index >= 15 is 0 Å². The summed E-state index contributed by atoms with van der Waals surface area (Å²) < 4.78 is 0.626. The molecule has 132 valence electrons. The van der Waals surface area contributed by atoms with Crippen LogP contribution in [-0.4, -0.2) is 21.7 Å². The third kappa shape index (κ3) is 2.86. The lowest BCUT2D eigenvalue weighted by atomic mass is 10.1. The molecule has 1 amide bonds. The van der Waals surface area contributed by atoms with E-state index in [4.69, 9.17) is 12.2 Å². The maximum absolute atomic E-state index is 13.2. The molecule has 4 rings (SSSR count). The van der Waals surface area contributed by atoms with Gasteiger partial charge in [0.1, 0.15) is 14.3 Å². The first-order chi connectivity index (χ1) is 12.6. The van der Waals surface area contributed by atoms with Crippen molar-refractivity contribution in [3.05, 3.63) is 70.1 Å². The predicted octanol–water partition coefficient (Wildman–Crippen LogP) is 5.41. The van der Waals surface area contributed by atoms with Crippen LogP contribution in [0, 0.1) is 0 Å². The minimum absolute atomic E-state index is 0.00473. The Balaban J connectivity index is 1.71. The maximum Gasteiger partial charge on any atom is 0.269 e. The summed E-state index contributed by atoms with van der Waals surface area (Å²) in [4.78, 5) is 19.1. The van der Waals surface area contributed by atoms with Crippen molar-refractivity contribution in [3.8, 4) is 0 Å². The second-order valence-electron chi connectivity index (χ2n) is 6.08. The zero-order valence-electron chi connectivity index (χ0n) is 14.5. The lowest BCUT2D eigenvalue weighted by molar-refractivity contribution is -0.123. The maximum atomic E-state index is 13.2. The third-order valence-electron chi connectivity index (χ3n) is 4.59. The summed E-state index contributed by atoms with van der Waals surface area (Å²) in [6.07, 6.45) is 0. The molecule has 2 aliphatic rings. The molecular weight excluding hydrogens is 380 g/mol. The summed E-state index contributed by atoms with van der Waals surface area (Å²) in [5.74, 6) is 0.00473. The van der Waals surface area contributed by atoms with E-state index in [0.29, 0.717) is 4.32 Å². The van der Waals surface area contributed by atoms with Crippen molar-refractivity contribution < 1.29 is 4.79 Å². The number of thiocarbonyl (C=S) groups is 1. The van der Waals surface area contributed by atoms with Crippen molar-refractivity contribution in [3.63, 3.8) is 0 Å². The van der Waals surface area contributed by atoms with Crippen LogP contribution >= 0.6 is 35.7 Å². The van der Waals surface area contributed by atoms with E-state index < -0.39 is 0 Å². The Kier molecular flexibility index (Phi) is 4.82. The van der Waals surface area contributed by atoms with E-state index in [0.717, 1.165) is 27.7 Å². The summed E-state index contributed by atoms with van der Waals surface area (Å²) in [6.45, 7) is 4.95. The van der Waals surface area contributed by atoms with Crippen LogP contribution in [-0.2, 0) is 4.79 Å². The largest absolute Gasteiger partial charge is 0.334 e. The van der Waals surface area contributed by atoms with Crippen molar-refractivity contribution in [2.75, 3.05) is 11.4 Å². The summed E-state index contributed by atoms with van der Waals surface area (Å²) in [5, 5.41) is 0.994. The Morgan fingerprint density at radius 2 is 1.73 bits per heavy atom. The van der Waals surface area contributed by atoms with Gasteiger partial charge in [-0.15, -0.1) is 0 Å². The van der Waals surface area contributed by atoms with Crippen LogP contribution in [0.1, 0.15) is 25.5 Å². The highest BCUT2D eigenvalue weighted by molar-refractivity contribution is 8.27. The third-order valence-corrected chi connectivity index (χ3v) is 7.29. The fraction of sp³-hybridized carbons (Fsp3) is 0.200. The number of fused-ring (bicyclic) bond motifs is 1. The number of hydrogen-bond acceptors (Lipinski definition) is 5. The number of nitrogens with zero attached hydrogens (tertiary/aromatic N) is 2. The van der Waals surface area contributed by atoms with Gasteiger partial charge >= 0.3 is 0 Å². The number of thioether (sulfide) groups is 2. The predicted molar refractivity (Wildman–Crippen MR) is 114 cm³/mol. The minimum atomic E-state index is -0.0781. The van der Waals surface area contributed by atoms with Crippen molar-refractivity contribution in [1.82, 2.24) is 4.90 Å². The van der Waals surface area contributed by atoms with Crippen LogP contribution in [0.5, 0.6) is 0 Å². The van der Waals surface area contributed by atoms with E-state index in [-0.39, 0.29) is 11.9 Å². The number of benzene rings is 2. The average molecular weight is 399 g/mol. The highest BCUT2D eigenvalue weighted by Crippen LogP contribution is 2.51. The fourth-order valence-electron chi connectivity index (χ4n) is 3.24. The number of rotatable bonds is 3. The normalized spacial score (nSPS) is 20.7. The fourth-order valence-corrected chi connectivity index (χ4v) is 6.03. The van der Waals surface area contributed by atoms with Crippen LogP contribution in [0.2, 0.25) is 0 Å². The molecule has 0 unspecified atom stereocenters. The molecule has 0 aliphatic carbocycles. The number of carbonyl (C=O) groups excluding carboxylic acids is 1. The molecule has 0 N–H and O–H groups in total. The summed E-state index contributed by atoms with van der Waals surface area (Å²) in [5.41, 5.74) is 2.25. The van der Waals surface area contributed by atoms with Gasteiger partial charge in [0.05, 0.1) is 11.7 Å². The highest BCUT2D eigenvalue weighted by atomic mass is 32.2. The first kappa shape index (κ1) is 17.6. The molecule has 2 aromatic carbocycles. The van der Waals surface area contributed by atoms with Crippen molar-refractivity contribution in [2.45, 2.75) is 24.8 Å². The van der Waals surface area contributed by atoms with Crippen LogP contribution in [0.25, 0.3) is 0 Å². The van der Waals surface area contributed by atoms with E-state index in [2.05, 4.69) is 24.0 Å². The Morgan fingerprint density at radius 1 is 1.04 bits per heavy atom. The van der Waals surface area contributed by atoms with Crippen LogP contribution < -0.4 is 4.90 Å². The van der Waals surface area contributed by atoms with Crippen LogP contribution in [0.3, 0.4) is 0 Å². The number of anilines is 1. The summed E-state index contributed by atoms with van der Waals surface area (Å²) in [6, 6.07) is 18.2. The molecule has 2 aliphatic heterocycles. The summed E-state index contributed by atoms with van der Waals surface area (Å²) >= 11 is 8.65. The zero-order valence-corrected chi connectivity index (χ0v) is 17.0. The van der Waals surface area contributed by atoms with Gasteiger partial charge < -0.3 is 4.90 Å². The molecule has 6 heteroatoms. The Labute approximate surface area is 167 Å². The van der Waals surface area contributed by atoms with Gasteiger partial charge in [0.2, 0.25) is 0 Å². The topological polar surface area (TPSA) is 23.6 Å². The van der Waals surface area contributed by atoms with E-state index in [1.54, 1.807) is 16.7 Å². The lowest BCUT2D eigenvalue weighted by Gasteiger charge is -2.24. The minimum Gasteiger partial charge on any atom is -0.334 e. The number of para-hydroxylation sites is 1. The molecule has 26 heavy (non-hydrogen) atoms. The first-order valence-electron chi connectivity index (χ1n) is 8.50. The van der Waals surface area contributed by atoms with E-state index in [1.807, 2.05) is 49.4 Å². The average Bonchev–Trinajstić information content (AvgIpc) is 3.18. The highest BCUT2D eigenvalue weighted by Gasteiger charge is 2.40. The van der Waals surface area contributed by atoms with Gasteiger partial charge in [0.25, 0.3) is 5.91 Å². The standard InChI is InChI=1S/C20H18N2OS3/c1-3-21-15-11-7-8-12-16(15)25-19(21)17-18(23)22(20(24)26-17)13(2)14-9-5-4-6-10-14/h4-13H,3H2,1-2H3/b19-17-/t13-/m1/s1. The molecule has 1 saturated heterocycles. The van der Waals surface area contributed by atoms with Gasteiger partial charge in [-0.2, -0.15) is 0 Å². The second kappa shape index (κ2) is 7.10. The number of hydrogen-bond donors (Lipinski definition) is 0. The van der Waals surface area contributed by atoms with Gasteiger partial charge in [-0.3, -0.25) is 9.69 Å². The summed E-state index contributed by atoms with van der Waals surface area (Å²) in [7, 11) is 0. The molecule has 2 heterocycles. The molecule has 0 aromatic heterocycles. The quantitative estimate of drug-likeness (QED) is 0.508. The second-order valence-corrected chi connectivity index (χ2v) is 8.75. The van der Waals surface area contributed by atoms with Gasteiger partial charge in [-0.25, -0.2) is 0 Å². The number of amides is 1. The SMILES string of the molecule is CCN1/C(=C2/SC(=S)N([C@H](C)c3ccccc3)C2=O)Sc2ccccc21. The molecule has 3 nitrogen and oxygen atoms in total. The van der Waals surface area contributed by atoms with Gasteiger partial charge in [-0.05, 0) is 31.5 Å². The van der Waals surface area contributed by atoms with Crippen LogP contribution in [0.4, 0.5) is 5.69 Å². The van der Waals surface area contributed by atoms with E-state index in [9.17, 15) is 4.79 Å². The molecule has 0 radical (unpaired) electrons. The lowest BCUT2D eigenvalue weighted by Crippen LogP contribution is -2.31. The zero-order chi connectivity index (χ0) is 18.3. The molecule has 0 saturated carbocycles. The molecule has 0 bridgehead atoms. The molecule has 0 spiro atoms. The molecule has 2 aromatic rings. The van der Waals surface area contributed by atoms with Crippen LogP contribution in [0.15, 0.2) is 69.4 Å². The molecule has 1 atom stereocenters. The van der Waals surface area contributed by atoms with E-state index in [1.165, 1.54) is 16.7 Å². The first-order valence-corrected chi connectivity index (χ1v) is 10.5. The molecular formula is C20H18N2OS3. The van der Waals surface area contributed by atoms with Crippen molar-refractivity contribution in [2.24, 2.45) is 0 Å².